The van der Waals surface area contributed by atoms with Crippen LogP contribution in [0.5, 0.6) is 0 Å². The van der Waals surface area contributed by atoms with E-state index in [0.29, 0.717) is 18.7 Å². The lowest BCUT2D eigenvalue weighted by atomic mass is 10.0. The average molecular weight is 253 g/mol. The first kappa shape index (κ1) is 14.7. The summed E-state index contributed by atoms with van der Waals surface area (Å²) >= 11 is 0. The summed E-state index contributed by atoms with van der Waals surface area (Å²) in [6, 6.07) is 1.76. The molecule has 1 amide bonds. The van der Waals surface area contributed by atoms with Crippen molar-refractivity contribution >= 4 is 5.91 Å². The summed E-state index contributed by atoms with van der Waals surface area (Å²) in [6.07, 6.45) is 1.55. The van der Waals surface area contributed by atoms with E-state index in [0.717, 1.165) is 12.1 Å². The first-order chi connectivity index (χ1) is 8.39. The van der Waals surface area contributed by atoms with E-state index in [2.05, 4.69) is 10.4 Å². The fraction of sp³-hybridized carbons (Fsp3) is 0.692. The third-order valence-corrected chi connectivity index (χ3v) is 2.85. The molecule has 1 aromatic rings. The fourth-order valence-corrected chi connectivity index (χ4v) is 1.96. The van der Waals surface area contributed by atoms with Crippen LogP contribution in [0, 0.1) is 6.92 Å². The summed E-state index contributed by atoms with van der Waals surface area (Å²) in [5.74, 6) is -0.186. The highest BCUT2D eigenvalue weighted by Crippen LogP contribution is 2.11. The van der Waals surface area contributed by atoms with Gasteiger partial charge in [0.15, 0.2) is 0 Å². The SMILES string of the molecule is CCCC(C)(O)CNC(=O)c1cc(C)nn1CC. The van der Waals surface area contributed by atoms with Crippen LogP contribution >= 0.6 is 0 Å². The van der Waals surface area contributed by atoms with Crippen molar-refractivity contribution in [3.8, 4) is 0 Å². The molecule has 0 bridgehead atoms. The van der Waals surface area contributed by atoms with Crippen LogP contribution in [0.2, 0.25) is 0 Å². The van der Waals surface area contributed by atoms with Gasteiger partial charge in [0, 0.05) is 13.1 Å². The van der Waals surface area contributed by atoms with Gasteiger partial charge < -0.3 is 10.4 Å². The molecule has 0 aromatic carbocycles. The lowest BCUT2D eigenvalue weighted by Crippen LogP contribution is -2.41. The maximum atomic E-state index is 12.0. The highest BCUT2D eigenvalue weighted by molar-refractivity contribution is 5.92. The Hall–Kier alpha value is -1.36. The molecule has 0 spiro atoms. The Balaban J connectivity index is 2.65. The Morgan fingerprint density at radius 1 is 1.56 bits per heavy atom. The van der Waals surface area contributed by atoms with Crippen molar-refractivity contribution in [1.82, 2.24) is 15.1 Å². The number of aryl methyl sites for hydroxylation is 2. The van der Waals surface area contributed by atoms with Gasteiger partial charge in [-0.15, -0.1) is 0 Å². The first-order valence-electron chi connectivity index (χ1n) is 6.44. The van der Waals surface area contributed by atoms with E-state index >= 15 is 0 Å². The van der Waals surface area contributed by atoms with Crippen molar-refractivity contribution < 1.29 is 9.90 Å². The number of hydrogen-bond acceptors (Lipinski definition) is 3. The van der Waals surface area contributed by atoms with Crippen LogP contribution in [0.3, 0.4) is 0 Å². The number of nitrogens with zero attached hydrogens (tertiary/aromatic N) is 2. The highest BCUT2D eigenvalue weighted by atomic mass is 16.3. The van der Waals surface area contributed by atoms with Crippen molar-refractivity contribution in [1.29, 1.82) is 0 Å². The smallest absolute Gasteiger partial charge is 0.269 e. The third-order valence-electron chi connectivity index (χ3n) is 2.85. The van der Waals surface area contributed by atoms with Crippen molar-refractivity contribution in [3.05, 3.63) is 17.5 Å². The molecule has 0 saturated heterocycles. The Kier molecular flexibility index (Phi) is 4.90. The van der Waals surface area contributed by atoms with Gasteiger partial charge in [-0.1, -0.05) is 13.3 Å². The number of hydrogen-bond donors (Lipinski definition) is 2. The van der Waals surface area contributed by atoms with E-state index in [9.17, 15) is 9.90 Å². The van der Waals surface area contributed by atoms with Crippen molar-refractivity contribution in [2.75, 3.05) is 6.54 Å². The van der Waals surface area contributed by atoms with E-state index in [1.807, 2.05) is 20.8 Å². The topological polar surface area (TPSA) is 67.2 Å². The lowest BCUT2D eigenvalue weighted by molar-refractivity contribution is 0.0467. The predicted octanol–water partition coefficient (Wildman–Crippen LogP) is 1.49. The van der Waals surface area contributed by atoms with Gasteiger partial charge in [-0.05, 0) is 33.3 Å². The van der Waals surface area contributed by atoms with Crippen molar-refractivity contribution in [2.24, 2.45) is 0 Å². The van der Waals surface area contributed by atoms with Gasteiger partial charge in [-0.25, -0.2) is 0 Å². The Morgan fingerprint density at radius 2 is 2.22 bits per heavy atom. The molecule has 18 heavy (non-hydrogen) atoms. The van der Waals surface area contributed by atoms with Gasteiger partial charge in [0.2, 0.25) is 0 Å². The Labute approximate surface area is 108 Å². The fourth-order valence-electron chi connectivity index (χ4n) is 1.96. The minimum atomic E-state index is -0.851. The van der Waals surface area contributed by atoms with E-state index in [1.165, 1.54) is 0 Å². The van der Waals surface area contributed by atoms with Gasteiger partial charge in [0.1, 0.15) is 5.69 Å². The molecule has 1 unspecified atom stereocenters. The molecule has 1 rings (SSSR count). The summed E-state index contributed by atoms with van der Waals surface area (Å²) in [5, 5.41) is 17.0. The summed E-state index contributed by atoms with van der Waals surface area (Å²) in [4.78, 5) is 12.0. The second-order valence-corrected chi connectivity index (χ2v) is 4.92. The standard InChI is InChI=1S/C13H23N3O2/c1-5-7-13(4,18)9-14-12(17)11-8-10(3)15-16(11)6-2/h8,18H,5-7,9H2,1-4H3,(H,14,17). The molecule has 0 saturated carbocycles. The number of amides is 1. The van der Waals surface area contributed by atoms with Crippen LogP contribution in [0.15, 0.2) is 6.07 Å². The number of carbonyl (C=O) groups excluding carboxylic acids is 1. The molecule has 1 atom stereocenters. The van der Waals surface area contributed by atoms with Crippen LogP contribution < -0.4 is 5.32 Å². The summed E-state index contributed by atoms with van der Waals surface area (Å²) in [7, 11) is 0. The zero-order valence-corrected chi connectivity index (χ0v) is 11.7. The monoisotopic (exact) mass is 253 g/mol. The molecule has 5 heteroatoms. The molecule has 102 valence electrons. The van der Waals surface area contributed by atoms with Gasteiger partial charge in [0.25, 0.3) is 5.91 Å². The normalized spacial score (nSPS) is 14.3. The van der Waals surface area contributed by atoms with Crippen LogP contribution in [0.1, 0.15) is 49.8 Å². The molecule has 5 nitrogen and oxygen atoms in total. The minimum absolute atomic E-state index is 0.186. The third kappa shape index (κ3) is 3.84. The number of rotatable bonds is 6. The maximum Gasteiger partial charge on any atom is 0.269 e. The Bertz CT molecular complexity index is 410. The quantitative estimate of drug-likeness (QED) is 0.807. The molecule has 2 N–H and O–H groups in total. The van der Waals surface area contributed by atoms with Crippen LogP contribution in [-0.2, 0) is 6.54 Å². The molecule has 0 aliphatic heterocycles. The number of aliphatic hydroxyl groups is 1. The number of nitrogens with one attached hydrogen (secondary N) is 1. The summed E-state index contributed by atoms with van der Waals surface area (Å²) in [6.45, 7) is 8.45. The molecule has 1 heterocycles. The Morgan fingerprint density at radius 3 is 2.78 bits per heavy atom. The molecule has 0 aliphatic rings. The molecule has 0 aliphatic carbocycles. The summed E-state index contributed by atoms with van der Waals surface area (Å²) in [5.41, 5.74) is 0.515. The van der Waals surface area contributed by atoms with E-state index < -0.39 is 5.60 Å². The largest absolute Gasteiger partial charge is 0.388 e. The maximum absolute atomic E-state index is 12.0. The van der Waals surface area contributed by atoms with E-state index in [1.54, 1.807) is 17.7 Å². The number of carbonyl (C=O) groups is 1. The first-order valence-corrected chi connectivity index (χ1v) is 6.44. The molecule has 0 fully saturated rings. The highest BCUT2D eigenvalue weighted by Gasteiger charge is 2.21. The van der Waals surface area contributed by atoms with Crippen molar-refractivity contribution in [2.45, 2.75) is 52.7 Å². The predicted molar refractivity (Wildman–Crippen MR) is 70.5 cm³/mol. The summed E-state index contributed by atoms with van der Waals surface area (Å²) < 4.78 is 1.67. The second-order valence-electron chi connectivity index (χ2n) is 4.92. The van der Waals surface area contributed by atoms with Gasteiger partial charge in [-0.2, -0.15) is 5.10 Å². The molecular formula is C13H23N3O2. The zero-order chi connectivity index (χ0) is 13.8. The second kappa shape index (κ2) is 6.00. The number of aromatic nitrogens is 2. The zero-order valence-electron chi connectivity index (χ0n) is 11.7. The van der Waals surface area contributed by atoms with E-state index in [-0.39, 0.29) is 12.5 Å². The molecular weight excluding hydrogens is 230 g/mol. The van der Waals surface area contributed by atoms with E-state index in [4.69, 9.17) is 0 Å². The molecule has 1 aromatic heterocycles. The average Bonchev–Trinajstić information content (AvgIpc) is 2.67. The lowest BCUT2D eigenvalue weighted by Gasteiger charge is -2.22. The van der Waals surface area contributed by atoms with Crippen molar-refractivity contribution in [3.63, 3.8) is 0 Å². The molecule has 0 radical (unpaired) electrons. The van der Waals surface area contributed by atoms with Gasteiger partial charge in [0.05, 0.1) is 11.3 Å². The van der Waals surface area contributed by atoms with Crippen LogP contribution in [-0.4, -0.2) is 32.9 Å². The van der Waals surface area contributed by atoms with Crippen LogP contribution in [0.25, 0.3) is 0 Å². The minimum Gasteiger partial charge on any atom is -0.388 e. The van der Waals surface area contributed by atoms with Crippen LogP contribution in [0.4, 0.5) is 0 Å². The van der Waals surface area contributed by atoms with Gasteiger partial charge in [-0.3, -0.25) is 9.48 Å². The van der Waals surface area contributed by atoms with Gasteiger partial charge >= 0.3 is 0 Å².